The molecule has 62 heavy (non-hydrogen) atoms. The number of piperazine rings is 1. The van der Waals surface area contributed by atoms with E-state index in [4.69, 9.17) is 15.5 Å². The van der Waals surface area contributed by atoms with Crippen LogP contribution in [0.1, 0.15) is 79.6 Å². The number of nitrogens with zero attached hydrogens (tertiary/aromatic N) is 7. The molecule has 14 nitrogen and oxygen atoms in total. The van der Waals surface area contributed by atoms with E-state index in [0.29, 0.717) is 54.2 Å². The van der Waals surface area contributed by atoms with Gasteiger partial charge in [-0.15, -0.1) is 10.2 Å². The van der Waals surface area contributed by atoms with Gasteiger partial charge in [-0.1, -0.05) is 60.2 Å². The van der Waals surface area contributed by atoms with Gasteiger partial charge in [0.2, 0.25) is 17.6 Å². The van der Waals surface area contributed by atoms with Crippen molar-refractivity contribution in [2.45, 2.75) is 75.6 Å². The Morgan fingerprint density at radius 2 is 1.65 bits per heavy atom. The second-order valence-corrected chi connectivity index (χ2v) is 16.0. The molecule has 9 rings (SSSR count). The smallest absolute Gasteiger partial charge is 0.329 e. The number of rotatable bonds is 9. The normalized spacial score (nSPS) is 19.5. The molecule has 0 saturated carbocycles. The molecule has 3 aliphatic rings. The van der Waals surface area contributed by atoms with Gasteiger partial charge < -0.3 is 20.7 Å². The highest BCUT2D eigenvalue weighted by Gasteiger charge is 2.37. The third-order valence-corrected chi connectivity index (χ3v) is 11.8. The van der Waals surface area contributed by atoms with Crippen molar-refractivity contribution in [3.05, 3.63) is 124 Å². The fourth-order valence-corrected chi connectivity index (χ4v) is 8.77. The zero-order valence-corrected chi connectivity index (χ0v) is 34.4. The second-order valence-electron chi connectivity index (χ2n) is 16.0. The van der Waals surface area contributed by atoms with Crippen LogP contribution in [0.5, 0.6) is 5.75 Å². The molecule has 3 aliphatic heterocycles. The van der Waals surface area contributed by atoms with E-state index in [1.54, 1.807) is 13.2 Å². The number of fused-ring (bicyclic) bond motifs is 3. The van der Waals surface area contributed by atoms with Gasteiger partial charge in [0.1, 0.15) is 18.4 Å². The Kier molecular flexibility index (Phi) is 11.5. The van der Waals surface area contributed by atoms with Gasteiger partial charge in [0.15, 0.2) is 5.82 Å². The van der Waals surface area contributed by atoms with E-state index in [1.165, 1.54) is 9.13 Å². The first-order chi connectivity index (χ1) is 30.3. The summed E-state index contributed by atoms with van der Waals surface area (Å²) in [5.74, 6) is 14.0. The lowest BCUT2D eigenvalue weighted by Crippen LogP contribution is -2.60. The third kappa shape index (κ3) is 8.64. The SMILES string of the molecule is Cn1c(=O)n(C2CCC(=O)NC2=O)c2ccc(C#CCCCC#Cc3nccc(C4CC5CN(c6cc(-c7ccccc7OCc7ccccc7)nnc6N)CC(C4)N5)n3)cc21. The molecule has 6 heterocycles. The Hall–Kier alpha value is -7.29. The van der Waals surface area contributed by atoms with Crippen molar-refractivity contribution < 1.29 is 14.3 Å². The number of nitrogen functional groups attached to an aromatic ring is 1. The van der Waals surface area contributed by atoms with Crippen molar-refractivity contribution >= 4 is 34.4 Å². The molecule has 3 fully saturated rings. The number of aromatic nitrogens is 6. The quantitative estimate of drug-likeness (QED) is 0.101. The highest BCUT2D eigenvalue weighted by atomic mass is 16.5. The summed E-state index contributed by atoms with van der Waals surface area (Å²) in [5.41, 5.74) is 12.8. The minimum Gasteiger partial charge on any atom is -0.488 e. The van der Waals surface area contributed by atoms with E-state index >= 15 is 0 Å². The molecule has 3 aromatic heterocycles. The molecule has 3 unspecified atom stereocenters. The first-order valence-electron chi connectivity index (χ1n) is 21.0. The van der Waals surface area contributed by atoms with E-state index in [-0.39, 0.29) is 36.0 Å². The number of carbonyl (C=O) groups is 2. The number of nitrogens with two attached hydrogens (primary N) is 1. The largest absolute Gasteiger partial charge is 0.488 e. The van der Waals surface area contributed by atoms with Crippen LogP contribution in [0.4, 0.5) is 11.5 Å². The van der Waals surface area contributed by atoms with Crippen molar-refractivity contribution in [1.29, 1.82) is 0 Å². The van der Waals surface area contributed by atoms with Gasteiger partial charge in [0, 0.05) is 80.4 Å². The molecular formula is C48H46N10O4. The van der Waals surface area contributed by atoms with Crippen LogP contribution in [0.25, 0.3) is 22.3 Å². The molecular weight excluding hydrogens is 781 g/mol. The molecule has 0 spiro atoms. The number of para-hydroxylation sites is 1. The Labute approximate surface area is 358 Å². The maximum atomic E-state index is 13.1. The van der Waals surface area contributed by atoms with Crippen LogP contribution < -0.4 is 31.7 Å². The van der Waals surface area contributed by atoms with Crippen molar-refractivity contribution in [2.75, 3.05) is 23.7 Å². The Morgan fingerprint density at radius 3 is 2.45 bits per heavy atom. The molecule has 2 amide bonds. The van der Waals surface area contributed by atoms with Gasteiger partial charge in [0.25, 0.3) is 0 Å². The number of benzene rings is 3. The van der Waals surface area contributed by atoms with Crippen LogP contribution in [0.15, 0.2) is 95.9 Å². The number of aryl methyl sites for hydroxylation is 1. The fraction of sp³-hybridized carbons (Fsp3) is 0.312. The Balaban J connectivity index is 0.791. The van der Waals surface area contributed by atoms with Crippen LogP contribution in [0, 0.1) is 23.7 Å². The second kappa shape index (κ2) is 17.7. The van der Waals surface area contributed by atoms with Crippen molar-refractivity contribution in [3.8, 4) is 40.7 Å². The molecule has 3 atom stereocenters. The van der Waals surface area contributed by atoms with Crippen molar-refractivity contribution in [2.24, 2.45) is 7.05 Å². The van der Waals surface area contributed by atoms with Crippen LogP contribution in [0.3, 0.4) is 0 Å². The zero-order valence-electron chi connectivity index (χ0n) is 34.4. The molecule has 0 aliphatic carbocycles. The molecule has 0 radical (unpaired) electrons. The summed E-state index contributed by atoms with van der Waals surface area (Å²) in [6.45, 7) is 2.01. The minimum atomic E-state index is -0.722. The van der Waals surface area contributed by atoms with Gasteiger partial charge >= 0.3 is 5.69 Å². The molecule has 3 saturated heterocycles. The summed E-state index contributed by atoms with van der Waals surface area (Å²) < 4.78 is 9.22. The van der Waals surface area contributed by atoms with Gasteiger partial charge in [-0.2, -0.15) is 0 Å². The van der Waals surface area contributed by atoms with Crippen LogP contribution in [-0.4, -0.2) is 66.3 Å². The van der Waals surface area contributed by atoms with E-state index in [0.717, 1.165) is 66.2 Å². The summed E-state index contributed by atoms with van der Waals surface area (Å²) in [5, 5.41) is 15.0. The summed E-state index contributed by atoms with van der Waals surface area (Å²) in [7, 11) is 1.67. The molecule has 14 heteroatoms. The Morgan fingerprint density at radius 1 is 0.871 bits per heavy atom. The maximum absolute atomic E-state index is 13.1. The lowest BCUT2D eigenvalue weighted by molar-refractivity contribution is -0.135. The maximum Gasteiger partial charge on any atom is 0.329 e. The van der Waals surface area contributed by atoms with Crippen LogP contribution in [0.2, 0.25) is 0 Å². The summed E-state index contributed by atoms with van der Waals surface area (Å²) in [4.78, 5) is 48.9. The fourth-order valence-electron chi connectivity index (χ4n) is 8.77. The monoisotopic (exact) mass is 826 g/mol. The summed E-state index contributed by atoms with van der Waals surface area (Å²) in [6, 6.07) is 27.3. The van der Waals surface area contributed by atoms with Gasteiger partial charge in [-0.25, -0.2) is 14.8 Å². The summed E-state index contributed by atoms with van der Waals surface area (Å²) >= 11 is 0. The number of nitrogens with one attached hydrogen (secondary N) is 2. The zero-order chi connectivity index (χ0) is 42.6. The lowest BCUT2D eigenvalue weighted by Gasteiger charge is -2.46. The van der Waals surface area contributed by atoms with E-state index in [9.17, 15) is 14.4 Å². The predicted octanol–water partition coefficient (Wildman–Crippen LogP) is 5.02. The predicted molar refractivity (Wildman–Crippen MR) is 236 cm³/mol. The molecule has 3 aromatic carbocycles. The number of unbranched alkanes of at least 4 members (excludes halogenated alkanes) is 2. The van der Waals surface area contributed by atoms with Crippen LogP contribution in [-0.2, 0) is 23.2 Å². The van der Waals surface area contributed by atoms with Crippen molar-refractivity contribution in [3.63, 3.8) is 0 Å². The number of ether oxygens (including phenoxy) is 1. The number of anilines is 2. The minimum absolute atomic E-state index is 0.196. The van der Waals surface area contributed by atoms with E-state index in [1.807, 2.05) is 84.9 Å². The number of hydrogen-bond donors (Lipinski definition) is 3. The number of hydrogen-bond acceptors (Lipinski definition) is 11. The van der Waals surface area contributed by atoms with E-state index < -0.39 is 11.9 Å². The summed E-state index contributed by atoms with van der Waals surface area (Å²) in [6.07, 6.45) is 6.22. The number of piperidine rings is 2. The number of amides is 2. The Bertz CT molecular complexity index is 2840. The topological polar surface area (TPSA) is 175 Å². The van der Waals surface area contributed by atoms with E-state index in [2.05, 4.69) is 54.4 Å². The average Bonchev–Trinajstić information content (AvgIpc) is 3.53. The number of imide groups is 1. The highest BCUT2D eigenvalue weighted by Crippen LogP contribution is 2.37. The number of carbonyl (C=O) groups excluding carboxylic acids is 2. The van der Waals surface area contributed by atoms with Gasteiger partial charge in [-0.05, 0) is 79.6 Å². The average molecular weight is 827 g/mol. The third-order valence-electron chi connectivity index (χ3n) is 11.8. The van der Waals surface area contributed by atoms with Crippen molar-refractivity contribution in [1.82, 2.24) is 39.9 Å². The molecule has 2 bridgehead atoms. The first-order valence-corrected chi connectivity index (χ1v) is 21.0. The molecule has 312 valence electrons. The van der Waals surface area contributed by atoms with Crippen LogP contribution >= 0.6 is 0 Å². The first kappa shape index (κ1) is 40.1. The lowest BCUT2D eigenvalue weighted by atomic mass is 9.83. The van der Waals surface area contributed by atoms with Gasteiger partial charge in [-0.3, -0.25) is 24.0 Å². The van der Waals surface area contributed by atoms with Gasteiger partial charge in [0.05, 0.1) is 22.4 Å². The molecule has 4 N–H and O–H groups in total. The number of imidazole rings is 1. The molecule has 6 aromatic rings. The highest BCUT2D eigenvalue weighted by molar-refractivity contribution is 6.00. The standard InChI is InChI=1S/C48H46N10O4/c1-56-41-24-31(18-19-39(41)58(48(56)61)40-20-21-45(59)53-47(40)60)12-6-3-2-4-9-17-44-50-23-22-37(52-44)33-25-34-28-57(29-35(26-33)51-34)42-27-38(54-55-46(42)49)36-15-10-11-16-43(36)62-30-32-13-7-5-8-14-32/h5,7-8,10-11,13-16,18-19,22-24,27,33-35,40,51H,2-4,20-21,25-26,28-30H2,1H3,(H2,49,55)(H,53,59,60).